The molecule has 0 fully saturated rings. The van der Waals surface area contributed by atoms with Crippen LogP contribution in [0.2, 0.25) is 0 Å². The molecule has 1 aromatic carbocycles. The zero-order valence-corrected chi connectivity index (χ0v) is 15.8. The van der Waals surface area contributed by atoms with E-state index in [0.29, 0.717) is 21.5 Å². The van der Waals surface area contributed by atoms with E-state index in [-0.39, 0.29) is 16.5 Å². The molecule has 1 amide bonds. The molecule has 2 aromatic heterocycles. The molecule has 8 heteroatoms. The number of rotatable bonds is 5. The number of aryl methyl sites for hydroxylation is 1. The lowest BCUT2D eigenvalue weighted by atomic mass is 10.2. The highest BCUT2D eigenvalue weighted by Gasteiger charge is 2.25. The Morgan fingerprint density at radius 2 is 1.96 bits per heavy atom. The van der Waals surface area contributed by atoms with Crippen molar-refractivity contribution in [2.24, 2.45) is 12.8 Å². The van der Waals surface area contributed by atoms with Gasteiger partial charge in [-0.2, -0.15) is 0 Å². The molecule has 130 valence electrons. The minimum atomic E-state index is -0.614. The third-order valence-corrected chi connectivity index (χ3v) is 5.52. The summed E-state index contributed by atoms with van der Waals surface area (Å²) in [5, 5.41) is 1.51. The van der Waals surface area contributed by atoms with Crippen molar-refractivity contribution in [3.8, 4) is 5.69 Å². The molecule has 0 spiro atoms. The van der Waals surface area contributed by atoms with Crippen LogP contribution in [0.15, 0.2) is 45.3 Å². The van der Waals surface area contributed by atoms with Crippen molar-refractivity contribution in [2.45, 2.75) is 17.1 Å². The molecular formula is C17H18N4O2S2. The molecule has 0 atom stereocenters. The summed E-state index contributed by atoms with van der Waals surface area (Å²) in [5.74, 6) is 0.143. The van der Waals surface area contributed by atoms with Gasteiger partial charge in [0.1, 0.15) is 5.65 Å². The van der Waals surface area contributed by atoms with Crippen LogP contribution in [0, 0.1) is 0 Å². The van der Waals surface area contributed by atoms with Gasteiger partial charge in [-0.1, -0.05) is 36.9 Å². The normalized spacial score (nSPS) is 11.2. The molecule has 0 radical (unpaired) electrons. The Morgan fingerprint density at radius 3 is 2.52 bits per heavy atom. The van der Waals surface area contributed by atoms with Crippen molar-refractivity contribution in [3.05, 3.63) is 46.2 Å². The predicted molar refractivity (Wildman–Crippen MR) is 103 cm³/mol. The van der Waals surface area contributed by atoms with Crippen molar-refractivity contribution in [2.75, 3.05) is 12.0 Å². The first-order valence-corrected chi connectivity index (χ1v) is 9.89. The first kappa shape index (κ1) is 17.6. The SMILES string of the molecule is CCSc1c(C(N)=O)c2c(=O)n(-c3ccccc3)c(SC)nc2n1C. The van der Waals surface area contributed by atoms with Gasteiger partial charge in [0.05, 0.1) is 21.7 Å². The Morgan fingerprint density at radius 1 is 1.28 bits per heavy atom. The van der Waals surface area contributed by atoms with E-state index in [1.165, 1.54) is 28.1 Å². The largest absolute Gasteiger partial charge is 0.365 e. The van der Waals surface area contributed by atoms with Crippen LogP contribution in [0.5, 0.6) is 0 Å². The van der Waals surface area contributed by atoms with Crippen molar-refractivity contribution in [1.29, 1.82) is 0 Å². The third kappa shape index (κ3) is 2.85. The van der Waals surface area contributed by atoms with Gasteiger partial charge in [0.25, 0.3) is 11.5 Å². The van der Waals surface area contributed by atoms with Crippen molar-refractivity contribution < 1.29 is 4.79 Å². The molecule has 2 heterocycles. The number of carbonyl (C=O) groups is 1. The Hall–Kier alpha value is -2.19. The highest BCUT2D eigenvalue weighted by Crippen LogP contribution is 2.31. The van der Waals surface area contributed by atoms with Crippen LogP contribution in [0.25, 0.3) is 16.7 Å². The second-order valence-electron chi connectivity index (χ2n) is 5.31. The number of carbonyl (C=O) groups excluding carboxylic acids is 1. The highest BCUT2D eigenvalue weighted by atomic mass is 32.2. The highest BCUT2D eigenvalue weighted by molar-refractivity contribution is 7.99. The predicted octanol–water partition coefficient (Wildman–Crippen LogP) is 2.66. The molecule has 0 aliphatic carbocycles. The standard InChI is InChI=1S/C17H18N4O2S2/c1-4-25-16-11(13(18)22)12-14(20(16)2)19-17(24-3)21(15(12)23)10-8-6-5-7-9-10/h5-9H,4H2,1-3H3,(H2,18,22). The fraction of sp³-hybridized carbons (Fsp3) is 0.235. The summed E-state index contributed by atoms with van der Waals surface area (Å²) >= 11 is 2.85. The number of primary amides is 1. The number of nitrogens with zero attached hydrogens (tertiary/aromatic N) is 3. The van der Waals surface area contributed by atoms with Crippen LogP contribution in [0.3, 0.4) is 0 Å². The van der Waals surface area contributed by atoms with Gasteiger partial charge in [0.15, 0.2) is 5.16 Å². The number of benzene rings is 1. The number of para-hydroxylation sites is 1. The molecule has 0 aliphatic heterocycles. The van der Waals surface area contributed by atoms with Gasteiger partial charge in [0, 0.05) is 7.05 Å². The van der Waals surface area contributed by atoms with Gasteiger partial charge in [-0.3, -0.25) is 14.2 Å². The first-order chi connectivity index (χ1) is 12.0. The number of amides is 1. The van der Waals surface area contributed by atoms with Gasteiger partial charge >= 0.3 is 0 Å². The Kier molecular flexibility index (Phi) is 4.91. The summed E-state index contributed by atoms with van der Waals surface area (Å²) in [7, 11) is 1.80. The fourth-order valence-corrected chi connectivity index (χ4v) is 4.25. The first-order valence-electron chi connectivity index (χ1n) is 7.68. The molecule has 0 aliphatic rings. The van der Waals surface area contributed by atoms with Gasteiger partial charge in [-0.25, -0.2) is 4.98 Å². The van der Waals surface area contributed by atoms with Crippen LogP contribution >= 0.6 is 23.5 Å². The molecule has 25 heavy (non-hydrogen) atoms. The number of hydrogen-bond acceptors (Lipinski definition) is 5. The van der Waals surface area contributed by atoms with E-state index in [4.69, 9.17) is 5.73 Å². The van der Waals surface area contributed by atoms with E-state index >= 15 is 0 Å². The molecule has 0 saturated heterocycles. The zero-order chi connectivity index (χ0) is 18.1. The Labute approximate surface area is 153 Å². The molecule has 6 nitrogen and oxygen atoms in total. The summed E-state index contributed by atoms with van der Waals surface area (Å²) < 4.78 is 3.31. The molecule has 0 saturated carbocycles. The van der Waals surface area contributed by atoms with Crippen LogP contribution in [-0.2, 0) is 7.05 Å². The maximum absolute atomic E-state index is 13.3. The molecule has 3 aromatic rings. The van der Waals surface area contributed by atoms with Crippen molar-refractivity contribution >= 4 is 40.5 Å². The van der Waals surface area contributed by atoms with E-state index in [0.717, 1.165) is 5.75 Å². The third-order valence-electron chi connectivity index (χ3n) is 3.84. The molecule has 3 rings (SSSR count). The lowest BCUT2D eigenvalue weighted by Crippen LogP contribution is -2.23. The maximum atomic E-state index is 13.3. The van der Waals surface area contributed by atoms with Gasteiger partial charge in [0.2, 0.25) is 0 Å². The van der Waals surface area contributed by atoms with Crippen molar-refractivity contribution in [3.63, 3.8) is 0 Å². The van der Waals surface area contributed by atoms with Gasteiger partial charge < -0.3 is 10.3 Å². The second-order valence-corrected chi connectivity index (χ2v) is 7.34. The summed E-state index contributed by atoms with van der Waals surface area (Å²) in [6.45, 7) is 1.98. The number of fused-ring (bicyclic) bond motifs is 1. The average molecular weight is 374 g/mol. The number of thioether (sulfide) groups is 2. The lowest BCUT2D eigenvalue weighted by Gasteiger charge is -2.11. The van der Waals surface area contributed by atoms with E-state index in [1.54, 1.807) is 11.6 Å². The van der Waals surface area contributed by atoms with E-state index in [9.17, 15) is 9.59 Å². The Balaban J connectivity index is 2.49. The van der Waals surface area contributed by atoms with Crippen molar-refractivity contribution in [1.82, 2.24) is 14.1 Å². The van der Waals surface area contributed by atoms with E-state index < -0.39 is 5.91 Å². The summed E-state index contributed by atoms with van der Waals surface area (Å²) in [4.78, 5) is 30.0. The van der Waals surface area contributed by atoms with E-state index in [1.807, 2.05) is 43.5 Å². The molecule has 0 unspecified atom stereocenters. The molecule has 0 bridgehead atoms. The van der Waals surface area contributed by atoms with Crippen LogP contribution < -0.4 is 11.3 Å². The van der Waals surface area contributed by atoms with Gasteiger partial charge in [-0.15, -0.1) is 11.8 Å². The smallest absolute Gasteiger partial charge is 0.269 e. The van der Waals surface area contributed by atoms with Crippen LogP contribution in [0.1, 0.15) is 17.3 Å². The molecule has 2 N–H and O–H groups in total. The quantitative estimate of drug-likeness (QED) is 0.548. The van der Waals surface area contributed by atoms with Gasteiger partial charge in [-0.05, 0) is 24.1 Å². The second kappa shape index (κ2) is 6.97. The monoisotopic (exact) mass is 374 g/mol. The summed E-state index contributed by atoms with van der Waals surface area (Å²) in [6, 6.07) is 9.27. The summed E-state index contributed by atoms with van der Waals surface area (Å²) in [5.41, 5.74) is 6.75. The minimum absolute atomic E-state index is 0.249. The van der Waals surface area contributed by atoms with E-state index in [2.05, 4.69) is 4.98 Å². The topological polar surface area (TPSA) is 82.9 Å². The van der Waals surface area contributed by atoms with Crippen LogP contribution in [-0.4, -0.2) is 32.0 Å². The maximum Gasteiger partial charge on any atom is 0.269 e. The summed E-state index contributed by atoms with van der Waals surface area (Å²) in [6.07, 6.45) is 1.87. The Bertz CT molecular complexity index is 1010. The number of hydrogen-bond donors (Lipinski definition) is 1. The minimum Gasteiger partial charge on any atom is -0.365 e. The van der Waals surface area contributed by atoms with Crippen LogP contribution in [0.4, 0.5) is 0 Å². The average Bonchev–Trinajstić information content (AvgIpc) is 2.89. The fourth-order valence-electron chi connectivity index (χ4n) is 2.80. The lowest BCUT2D eigenvalue weighted by molar-refractivity contribution is 0.0998. The number of nitrogens with two attached hydrogens (primary N) is 1. The number of aromatic nitrogens is 3. The zero-order valence-electron chi connectivity index (χ0n) is 14.1. The molecular weight excluding hydrogens is 356 g/mol.